The molecule has 0 heterocycles. The molecule has 4 heteroatoms. The molecule has 0 spiro atoms. The van der Waals surface area contributed by atoms with Crippen LogP contribution < -0.4 is 0 Å². The number of carboxylic acid groups (broad SMARTS) is 1. The zero-order chi connectivity index (χ0) is 7.98. The van der Waals surface area contributed by atoms with Gasteiger partial charge in [-0.25, -0.2) is 0 Å². The second-order valence-electron chi connectivity index (χ2n) is 2.08. The Morgan fingerprint density at radius 3 is 2.60 bits per heavy atom. The van der Waals surface area contributed by atoms with E-state index in [1.165, 1.54) is 0 Å². The maximum Gasteiger partial charge on any atom is 0.305 e. The van der Waals surface area contributed by atoms with E-state index >= 15 is 0 Å². The standard InChI is InChI=1S/C6H11ClO3/c7-3-1-2-5(8)4-6(9)10/h5,8H,1-4H2,(H,9,10)/t5-/m0/s1. The molecule has 0 aliphatic rings. The predicted molar refractivity (Wildman–Crippen MR) is 38.2 cm³/mol. The predicted octanol–water partition coefficient (Wildman–Crippen LogP) is 0.841. The molecule has 0 aromatic heterocycles. The van der Waals surface area contributed by atoms with Crippen LogP contribution in [0.3, 0.4) is 0 Å². The smallest absolute Gasteiger partial charge is 0.305 e. The summed E-state index contributed by atoms with van der Waals surface area (Å²) in [5.74, 6) is -0.501. The Morgan fingerprint density at radius 1 is 1.60 bits per heavy atom. The van der Waals surface area contributed by atoms with Crippen molar-refractivity contribution in [2.24, 2.45) is 0 Å². The highest BCUT2D eigenvalue weighted by molar-refractivity contribution is 6.17. The maximum atomic E-state index is 9.98. The summed E-state index contributed by atoms with van der Waals surface area (Å²) in [6.45, 7) is 0. The van der Waals surface area contributed by atoms with Gasteiger partial charge in [-0.2, -0.15) is 0 Å². The fourth-order valence-corrected chi connectivity index (χ4v) is 0.771. The number of alkyl halides is 1. The van der Waals surface area contributed by atoms with Gasteiger partial charge in [-0.3, -0.25) is 4.79 Å². The second-order valence-corrected chi connectivity index (χ2v) is 2.46. The minimum atomic E-state index is -0.970. The fourth-order valence-electron chi connectivity index (χ4n) is 0.616. The number of rotatable bonds is 5. The van der Waals surface area contributed by atoms with Gasteiger partial charge in [0.1, 0.15) is 0 Å². The third-order valence-electron chi connectivity index (χ3n) is 1.08. The van der Waals surface area contributed by atoms with E-state index in [2.05, 4.69) is 0 Å². The first-order valence-electron chi connectivity index (χ1n) is 3.12. The molecule has 0 aromatic carbocycles. The Balaban J connectivity index is 3.25. The molecule has 0 aliphatic carbocycles. The zero-order valence-corrected chi connectivity index (χ0v) is 6.34. The first-order valence-corrected chi connectivity index (χ1v) is 3.66. The van der Waals surface area contributed by atoms with Crippen LogP contribution in [-0.4, -0.2) is 28.2 Å². The number of carbonyl (C=O) groups is 1. The van der Waals surface area contributed by atoms with Crippen LogP contribution in [0.15, 0.2) is 0 Å². The van der Waals surface area contributed by atoms with Crippen LogP contribution in [0, 0.1) is 0 Å². The summed E-state index contributed by atoms with van der Waals surface area (Å²) in [7, 11) is 0. The van der Waals surface area contributed by atoms with Gasteiger partial charge in [0.15, 0.2) is 0 Å². The second kappa shape index (κ2) is 5.50. The van der Waals surface area contributed by atoms with Crippen molar-refractivity contribution in [2.75, 3.05) is 5.88 Å². The quantitative estimate of drug-likeness (QED) is 0.596. The first-order chi connectivity index (χ1) is 4.66. The van der Waals surface area contributed by atoms with Crippen LogP contribution in [0.4, 0.5) is 0 Å². The van der Waals surface area contributed by atoms with E-state index in [0.717, 1.165) is 0 Å². The molecule has 0 aliphatic heterocycles. The number of carboxylic acids is 1. The Morgan fingerprint density at radius 2 is 2.20 bits per heavy atom. The van der Waals surface area contributed by atoms with Crippen LogP contribution in [-0.2, 0) is 4.79 Å². The van der Waals surface area contributed by atoms with E-state index in [0.29, 0.717) is 18.7 Å². The largest absolute Gasteiger partial charge is 0.481 e. The summed E-state index contributed by atoms with van der Waals surface area (Å²) in [5, 5.41) is 17.1. The van der Waals surface area contributed by atoms with Gasteiger partial charge in [-0.1, -0.05) is 0 Å². The van der Waals surface area contributed by atoms with Crippen LogP contribution >= 0.6 is 11.6 Å². The van der Waals surface area contributed by atoms with Gasteiger partial charge in [0.25, 0.3) is 0 Å². The van der Waals surface area contributed by atoms with Gasteiger partial charge in [0.05, 0.1) is 12.5 Å². The highest BCUT2D eigenvalue weighted by Gasteiger charge is 2.07. The lowest BCUT2D eigenvalue weighted by atomic mass is 10.1. The molecule has 0 fully saturated rings. The van der Waals surface area contributed by atoms with Crippen molar-refractivity contribution in [2.45, 2.75) is 25.4 Å². The highest BCUT2D eigenvalue weighted by Crippen LogP contribution is 2.02. The van der Waals surface area contributed by atoms with Crippen molar-refractivity contribution in [1.29, 1.82) is 0 Å². The fraction of sp³-hybridized carbons (Fsp3) is 0.833. The zero-order valence-electron chi connectivity index (χ0n) is 5.59. The van der Waals surface area contributed by atoms with Crippen molar-refractivity contribution in [1.82, 2.24) is 0 Å². The number of aliphatic carboxylic acids is 1. The molecule has 0 radical (unpaired) electrons. The molecule has 0 unspecified atom stereocenters. The Bertz CT molecular complexity index is 105. The molecule has 0 rings (SSSR count). The number of hydrogen-bond donors (Lipinski definition) is 2. The van der Waals surface area contributed by atoms with E-state index in [1.54, 1.807) is 0 Å². The van der Waals surface area contributed by atoms with Crippen molar-refractivity contribution in [3.05, 3.63) is 0 Å². The molecule has 0 saturated heterocycles. The summed E-state index contributed by atoms with van der Waals surface area (Å²) in [6, 6.07) is 0. The van der Waals surface area contributed by atoms with Gasteiger partial charge < -0.3 is 10.2 Å². The monoisotopic (exact) mass is 166 g/mol. The maximum absolute atomic E-state index is 9.98. The van der Waals surface area contributed by atoms with Crippen LogP contribution in [0.2, 0.25) is 0 Å². The van der Waals surface area contributed by atoms with E-state index in [1.807, 2.05) is 0 Å². The molecule has 60 valence electrons. The number of halogens is 1. The molecule has 0 saturated carbocycles. The lowest BCUT2D eigenvalue weighted by Gasteiger charge is -2.04. The van der Waals surface area contributed by atoms with Crippen LogP contribution in [0.5, 0.6) is 0 Å². The number of hydrogen-bond acceptors (Lipinski definition) is 2. The summed E-state index contributed by atoms with van der Waals surface area (Å²) >= 11 is 5.32. The Hall–Kier alpha value is -0.280. The molecule has 0 amide bonds. The third-order valence-corrected chi connectivity index (χ3v) is 1.35. The van der Waals surface area contributed by atoms with E-state index in [9.17, 15) is 4.79 Å². The average molecular weight is 167 g/mol. The molecular formula is C6H11ClO3. The number of aliphatic hydroxyl groups is 1. The van der Waals surface area contributed by atoms with Gasteiger partial charge in [-0.05, 0) is 12.8 Å². The third kappa shape index (κ3) is 5.85. The van der Waals surface area contributed by atoms with Crippen molar-refractivity contribution >= 4 is 17.6 Å². The van der Waals surface area contributed by atoms with E-state index in [4.69, 9.17) is 21.8 Å². The molecule has 1 atom stereocenters. The molecular weight excluding hydrogens is 156 g/mol. The summed E-state index contributed by atoms with van der Waals surface area (Å²) < 4.78 is 0. The normalized spacial score (nSPS) is 13.0. The molecule has 3 nitrogen and oxygen atoms in total. The van der Waals surface area contributed by atoms with E-state index in [-0.39, 0.29) is 6.42 Å². The van der Waals surface area contributed by atoms with Gasteiger partial charge in [0.2, 0.25) is 0 Å². The van der Waals surface area contributed by atoms with E-state index < -0.39 is 12.1 Å². The minimum absolute atomic E-state index is 0.184. The molecule has 2 N–H and O–H groups in total. The van der Waals surface area contributed by atoms with Crippen LogP contribution in [0.25, 0.3) is 0 Å². The lowest BCUT2D eigenvalue weighted by Crippen LogP contribution is -2.12. The summed E-state index contributed by atoms with van der Waals surface area (Å²) in [6.07, 6.45) is 0.208. The first kappa shape index (κ1) is 9.72. The van der Waals surface area contributed by atoms with Crippen molar-refractivity contribution in [3.63, 3.8) is 0 Å². The number of aliphatic hydroxyl groups excluding tert-OH is 1. The lowest BCUT2D eigenvalue weighted by molar-refractivity contribution is -0.139. The van der Waals surface area contributed by atoms with Crippen molar-refractivity contribution < 1.29 is 15.0 Å². The summed E-state index contributed by atoms with van der Waals surface area (Å²) in [4.78, 5) is 9.98. The Labute approximate surface area is 64.6 Å². The molecule has 0 bridgehead atoms. The van der Waals surface area contributed by atoms with Gasteiger partial charge in [-0.15, -0.1) is 11.6 Å². The van der Waals surface area contributed by atoms with Crippen molar-refractivity contribution in [3.8, 4) is 0 Å². The van der Waals surface area contributed by atoms with Gasteiger partial charge >= 0.3 is 5.97 Å². The highest BCUT2D eigenvalue weighted by atomic mass is 35.5. The minimum Gasteiger partial charge on any atom is -0.481 e. The average Bonchev–Trinajstić information content (AvgIpc) is 1.82. The molecule has 0 aromatic rings. The Kier molecular flexibility index (Phi) is 5.35. The van der Waals surface area contributed by atoms with Crippen LogP contribution in [0.1, 0.15) is 19.3 Å². The summed E-state index contributed by atoms with van der Waals surface area (Å²) in [5.41, 5.74) is 0. The van der Waals surface area contributed by atoms with Gasteiger partial charge in [0, 0.05) is 5.88 Å². The molecule has 10 heavy (non-hydrogen) atoms. The topological polar surface area (TPSA) is 57.5 Å². The SMILES string of the molecule is O=C(O)C[C@@H](O)CCCCl.